The van der Waals surface area contributed by atoms with Gasteiger partial charge >= 0.3 is 12.1 Å². The Hall–Kier alpha value is -3.26. The Balaban J connectivity index is 1.40. The molecule has 0 aliphatic heterocycles. The summed E-state index contributed by atoms with van der Waals surface area (Å²) in [6.45, 7) is 0.153. The molecule has 5 heteroatoms. The Morgan fingerprint density at radius 1 is 1.07 bits per heavy atom. The summed E-state index contributed by atoms with van der Waals surface area (Å²) in [6, 6.07) is 15.1. The minimum atomic E-state index is -1.11. The van der Waals surface area contributed by atoms with E-state index in [0.717, 1.165) is 35.1 Å². The van der Waals surface area contributed by atoms with Crippen molar-refractivity contribution in [2.75, 3.05) is 6.61 Å². The van der Waals surface area contributed by atoms with Gasteiger partial charge in [0.25, 0.3) is 0 Å². The highest BCUT2D eigenvalue weighted by atomic mass is 16.5. The summed E-state index contributed by atoms with van der Waals surface area (Å²) in [7, 11) is 0. The fraction of sp³-hybridized carbons (Fsp3) is 0.304. The molecule has 2 aromatic rings. The number of hydrogen-bond donors (Lipinski definition) is 2. The van der Waals surface area contributed by atoms with Crippen LogP contribution in [0.5, 0.6) is 0 Å². The number of alkyl carbamates (subject to hydrolysis) is 1. The fourth-order valence-corrected chi connectivity index (χ4v) is 3.52. The fourth-order valence-electron chi connectivity index (χ4n) is 3.52. The van der Waals surface area contributed by atoms with E-state index in [1.807, 2.05) is 36.4 Å². The van der Waals surface area contributed by atoms with Crippen LogP contribution in [0, 0.1) is 17.8 Å². The van der Waals surface area contributed by atoms with Crippen LogP contribution in [0.25, 0.3) is 11.1 Å². The zero-order chi connectivity index (χ0) is 19.5. The summed E-state index contributed by atoms with van der Waals surface area (Å²) in [6.07, 6.45) is 1.49. The molecule has 0 heterocycles. The molecule has 0 aromatic heterocycles. The molecule has 1 amide bonds. The largest absolute Gasteiger partial charge is 0.480 e. The van der Waals surface area contributed by atoms with E-state index in [1.54, 1.807) is 0 Å². The molecule has 0 spiro atoms. The molecule has 2 N–H and O–H groups in total. The van der Waals surface area contributed by atoms with Crippen molar-refractivity contribution in [1.29, 1.82) is 0 Å². The van der Waals surface area contributed by atoms with E-state index >= 15 is 0 Å². The van der Waals surface area contributed by atoms with Gasteiger partial charge in [0.1, 0.15) is 12.6 Å². The van der Waals surface area contributed by atoms with Crippen LogP contribution in [0.4, 0.5) is 4.79 Å². The Morgan fingerprint density at radius 2 is 1.68 bits per heavy atom. The molecular weight excluding hydrogens is 354 g/mol. The molecule has 0 saturated heterocycles. The second-order valence-corrected chi connectivity index (χ2v) is 7.16. The smallest absolute Gasteiger partial charge is 0.407 e. The number of benzene rings is 2. The van der Waals surface area contributed by atoms with Gasteiger partial charge in [0.2, 0.25) is 0 Å². The quantitative estimate of drug-likeness (QED) is 0.780. The Kier molecular flexibility index (Phi) is 5.03. The third-order valence-electron chi connectivity index (χ3n) is 5.12. The highest BCUT2D eigenvalue weighted by molar-refractivity contribution is 5.81. The van der Waals surface area contributed by atoms with Crippen LogP contribution in [-0.2, 0) is 9.53 Å². The molecule has 1 saturated carbocycles. The molecule has 1 unspecified atom stereocenters. The van der Waals surface area contributed by atoms with Crippen molar-refractivity contribution in [2.24, 2.45) is 5.92 Å². The van der Waals surface area contributed by atoms with Gasteiger partial charge in [0, 0.05) is 18.3 Å². The number of carbonyl (C=O) groups excluding carboxylic acids is 1. The molecule has 28 heavy (non-hydrogen) atoms. The van der Waals surface area contributed by atoms with E-state index in [4.69, 9.17) is 4.74 Å². The summed E-state index contributed by atoms with van der Waals surface area (Å²) in [5.41, 5.74) is 4.51. The zero-order valence-electron chi connectivity index (χ0n) is 15.4. The lowest BCUT2D eigenvalue weighted by Gasteiger charge is -2.16. The Bertz CT molecular complexity index is 922. The van der Waals surface area contributed by atoms with E-state index in [-0.39, 0.29) is 18.9 Å². The standard InChI is InChI=1S/C23H21NO4/c25-22(26)21(11-5-6-15-12-13-15)24-23(27)28-14-20-18-9-3-1-7-16(18)17-8-2-4-10-19(17)20/h1-4,7-10,15,20-21H,11-14H2,(H,24,27)(H,25,26). The van der Waals surface area contributed by atoms with Crippen molar-refractivity contribution in [3.63, 3.8) is 0 Å². The van der Waals surface area contributed by atoms with Gasteiger partial charge in [-0.2, -0.15) is 0 Å². The molecule has 0 radical (unpaired) electrons. The number of amides is 1. The highest BCUT2D eigenvalue weighted by Crippen LogP contribution is 2.44. The number of rotatable bonds is 5. The van der Waals surface area contributed by atoms with Crippen molar-refractivity contribution in [3.05, 3.63) is 59.7 Å². The molecular formula is C23H21NO4. The van der Waals surface area contributed by atoms with Crippen molar-refractivity contribution in [1.82, 2.24) is 5.32 Å². The molecule has 5 nitrogen and oxygen atoms in total. The van der Waals surface area contributed by atoms with Crippen molar-refractivity contribution < 1.29 is 19.4 Å². The van der Waals surface area contributed by atoms with Gasteiger partial charge in [-0.3, -0.25) is 0 Å². The van der Waals surface area contributed by atoms with E-state index in [9.17, 15) is 14.7 Å². The van der Waals surface area contributed by atoms with Crippen LogP contribution >= 0.6 is 0 Å². The maximum Gasteiger partial charge on any atom is 0.407 e. The number of nitrogens with one attached hydrogen (secondary N) is 1. The molecule has 1 atom stereocenters. The number of carboxylic acids is 1. The lowest BCUT2D eigenvalue weighted by atomic mass is 9.98. The number of ether oxygens (including phenoxy) is 1. The van der Waals surface area contributed by atoms with Gasteiger partial charge in [0.15, 0.2) is 0 Å². The van der Waals surface area contributed by atoms with Gasteiger partial charge in [-0.05, 0) is 35.1 Å². The van der Waals surface area contributed by atoms with Gasteiger partial charge < -0.3 is 15.2 Å². The highest BCUT2D eigenvalue weighted by Gasteiger charge is 2.29. The lowest BCUT2D eigenvalue weighted by Crippen LogP contribution is -2.41. The van der Waals surface area contributed by atoms with Crippen molar-refractivity contribution >= 4 is 12.1 Å². The first-order valence-corrected chi connectivity index (χ1v) is 9.46. The van der Waals surface area contributed by atoms with Crippen LogP contribution in [0.3, 0.4) is 0 Å². The number of hydrogen-bond acceptors (Lipinski definition) is 3. The molecule has 142 valence electrons. The second-order valence-electron chi connectivity index (χ2n) is 7.16. The normalized spacial score (nSPS) is 15.6. The predicted molar refractivity (Wildman–Crippen MR) is 105 cm³/mol. The molecule has 4 rings (SSSR count). The second kappa shape index (κ2) is 7.77. The van der Waals surface area contributed by atoms with E-state index < -0.39 is 18.1 Å². The van der Waals surface area contributed by atoms with Crippen LogP contribution in [0.1, 0.15) is 36.3 Å². The van der Waals surface area contributed by atoms with Crippen LogP contribution in [0.15, 0.2) is 48.5 Å². The molecule has 2 aromatic carbocycles. The minimum absolute atomic E-state index is 0.0592. The third-order valence-corrected chi connectivity index (χ3v) is 5.12. The average molecular weight is 375 g/mol. The summed E-state index contributed by atoms with van der Waals surface area (Å²) in [5.74, 6) is 5.09. The summed E-state index contributed by atoms with van der Waals surface area (Å²) >= 11 is 0. The molecule has 2 aliphatic rings. The monoisotopic (exact) mass is 375 g/mol. The van der Waals surface area contributed by atoms with Crippen LogP contribution < -0.4 is 5.32 Å². The first-order chi connectivity index (χ1) is 13.6. The molecule has 0 bridgehead atoms. The maximum absolute atomic E-state index is 12.2. The van der Waals surface area contributed by atoms with Crippen LogP contribution in [0.2, 0.25) is 0 Å². The first kappa shape index (κ1) is 18.1. The first-order valence-electron chi connectivity index (χ1n) is 9.46. The Labute approximate surface area is 163 Å². The zero-order valence-corrected chi connectivity index (χ0v) is 15.4. The van der Waals surface area contributed by atoms with E-state index in [2.05, 4.69) is 29.3 Å². The van der Waals surface area contributed by atoms with Gasteiger partial charge in [-0.25, -0.2) is 9.59 Å². The van der Waals surface area contributed by atoms with Gasteiger partial charge in [-0.1, -0.05) is 54.5 Å². The van der Waals surface area contributed by atoms with Gasteiger partial charge in [0.05, 0.1) is 0 Å². The van der Waals surface area contributed by atoms with E-state index in [1.165, 1.54) is 0 Å². The molecule has 1 fully saturated rings. The minimum Gasteiger partial charge on any atom is -0.480 e. The van der Waals surface area contributed by atoms with E-state index in [0.29, 0.717) is 5.92 Å². The number of aliphatic carboxylic acids is 1. The summed E-state index contributed by atoms with van der Waals surface area (Å²) < 4.78 is 5.40. The van der Waals surface area contributed by atoms with Crippen molar-refractivity contribution in [2.45, 2.75) is 31.2 Å². The predicted octanol–water partition coefficient (Wildman–Crippen LogP) is 3.78. The van der Waals surface area contributed by atoms with Crippen molar-refractivity contribution in [3.8, 4) is 23.0 Å². The summed E-state index contributed by atoms with van der Waals surface area (Å²) in [4.78, 5) is 23.6. The number of fused-ring (bicyclic) bond motifs is 3. The molecule has 2 aliphatic carbocycles. The Morgan fingerprint density at radius 3 is 2.25 bits per heavy atom. The summed E-state index contributed by atoms with van der Waals surface area (Å²) in [5, 5.41) is 11.7. The number of carbonyl (C=O) groups is 2. The average Bonchev–Trinajstić information content (AvgIpc) is 3.47. The lowest BCUT2D eigenvalue weighted by molar-refractivity contribution is -0.139. The van der Waals surface area contributed by atoms with Gasteiger partial charge in [-0.15, -0.1) is 5.92 Å². The third kappa shape index (κ3) is 3.86. The maximum atomic E-state index is 12.2. The van der Waals surface area contributed by atoms with Crippen LogP contribution in [-0.4, -0.2) is 29.8 Å². The number of carboxylic acid groups (broad SMARTS) is 1. The topological polar surface area (TPSA) is 75.6 Å². The SMILES string of the molecule is O=C(NC(CC#CC1CC1)C(=O)O)OCC1c2ccccc2-c2ccccc21.